The van der Waals surface area contributed by atoms with Crippen LogP contribution in [-0.2, 0) is 14.3 Å². The van der Waals surface area contributed by atoms with Crippen LogP contribution in [0.5, 0.6) is 0 Å². The average Bonchev–Trinajstić information content (AvgIpc) is 3.23. The fourth-order valence-corrected chi connectivity index (χ4v) is 3.21. The highest BCUT2D eigenvalue weighted by Gasteiger charge is 2.37. The molecule has 23 heavy (non-hydrogen) atoms. The SMILES string of the molecule is COC(=O)c1ccc(N2CC(C(=O)N3CCCC3)CC2=O)cc1. The lowest BCUT2D eigenvalue weighted by atomic mass is 10.1. The van der Waals surface area contributed by atoms with Crippen molar-refractivity contribution in [1.29, 1.82) is 0 Å². The van der Waals surface area contributed by atoms with Crippen molar-refractivity contribution in [3.05, 3.63) is 29.8 Å². The van der Waals surface area contributed by atoms with Gasteiger partial charge in [0.05, 0.1) is 18.6 Å². The van der Waals surface area contributed by atoms with Gasteiger partial charge in [0.1, 0.15) is 0 Å². The third kappa shape index (κ3) is 3.06. The third-order valence-corrected chi connectivity index (χ3v) is 4.49. The molecule has 2 saturated heterocycles. The van der Waals surface area contributed by atoms with E-state index < -0.39 is 5.97 Å². The molecule has 122 valence electrons. The van der Waals surface area contributed by atoms with E-state index in [9.17, 15) is 14.4 Å². The Bertz CT molecular complexity index is 620. The molecule has 3 rings (SSSR count). The molecule has 6 nitrogen and oxygen atoms in total. The molecule has 2 aliphatic rings. The first kappa shape index (κ1) is 15.5. The minimum atomic E-state index is -0.411. The summed E-state index contributed by atoms with van der Waals surface area (Å²) in [5.41, 5.74) is 1.15. The molecule has 1 aromatic carbocycles. The molecule has 1 unspecified atom stereocenters. The molecule has 2 aliphatic heterocycles. The average molecular weight is 316 g/mol. The summed E-state index contributed by atoms with van der Waals surface area (Å²) in [6.07, 6.45) is 2.35. The predicted molar refractivity (Wildman–Crippen MR) is 84.1 cm³/mol. The van der Waals surface area contributed by atoms with Crippen molar-refractivity contribution in [2.24, 2.45) is 5.92 Å². The number of esters is 1. The summed E-state index contributed by atoms with van der Waals surface area (Å²) >= 11 is 0. The molecule has 0 aromatic heterocycles. The first-order valence-electron chi connectivity index (χ1n) is 7.87. The van der Waals surface area contributed by atoms with Gasteiger partial charge in [-0.25, -0.2) is 4.79 Å². The van der Waals surface area contributed by atoms with Crippen LogP contribution in [0.25, 0.3) is 0 Å². The fourth-order valence-electron chi connectivity index (χ4n) is 3.21. The summed E-state index contributed by atoms with van der Waals surface area (Å²) in [6, 6.07) is 6.69. The number of carbonyl (C=O) groups is 3. The van der Waals surface area contributed by atoms with Gasteiger partial charge in [0, 0.05) is 31.7 Å². The minimum absolute atomic E-state index is 0.0478. The lowest BCUT2D eigenvalue weighted by Gasteiger charge is -2.20. The summed E-state index contributed by atoms with van der Waals surface area (Å²) in [5.74, 6) is -0.634. The molecular formula is C17H20N2O4. The summed E-state index contributed by atoms with van der Waals surface area (Å²) in [6.45, 7) is 2.01. The Morgan fingerprint density at radius 3 is 2.39 bits per heavy atom. The number of amides is 2. The first-order chi connectivity index (χ1) is 11.1. The van der Waals surface area contributed by atoms with Gasteiger partial charge in [-0.15, -0.1) is 0 Å². The molecule has 0 radical (unpaired) electrons. The zero-order valence-electron chi connectivity index (χ0n) is 13.2. The zero-order chi connectivity index (χ0) is 16.4. The monoisotopic (exact) mass is 316 g/mol. The first-order valence-corrected chi connectivity index (χ1v) is 7.87. The van der Waals surface area contributed by atoms with E-state index in [1.165, 1.54) is 7.11 Å². The molecule has 0 aliphatic carbocycles. The molecule has 2 heterocycles. The number of benzene rings is 1. The Morgan fingerprint density at radius 2 is 1.78 bits per heavy atom. The van der Waals surface area contributed by atoms with Crippen molar-refractivity contribution >= 4 is 23.5 Å². The lowest BCUT2D eigenvalue weighted by molar-refractivity contribution is -0.134. The smallest absolute Gasteiger partial charge is 0.337 e. The van der Waals surface area contributed by atoms with Gasteiger partial charge in [0.15, 0.2) is 0 Å². The van der Waals surface area contributed by atoms with Crippen molar-refractivity contribution in [2.45, 2.75) is 19.3 Å². The number of carbonyl (C=O) groups excluding carboxylic acids is 3. The highest BCUT2D eigenvalue weighted by Crippen LogP contribution is 2.27. The van der Waals surface area contributed by atoms with E-state index in [2.05, 4.69) is 4.74 Å². The van der Waals surface area contributed by atoms with E-state index in [4.69, 9.17) is 0 Å². The molecule has 6 heteroatoms. The van der Waals surface area contributed by atoms with E-state index in [0.29, 0.717) is 17.8 Å². The quantitative estimate of drug-likeness (QED) is 0.792. The standard InChI is InChI=1S/C17H20N2O4/c1-23-17(22)12-4-6-14(7-5-12)19-11-13(10-15(19)20)16(21)18-8-2-3-9-18/h4-7,13H,2-3,8-11H2,1H3. The van der Waals surface area contributed by atoms with Crippen molar-refractivity contribution < 1.29 is 19.1 Å². The topological polar surface area (TPSA) is 66.9 Å². The van der Waals surface area contributed by atoms with Crippen molar-refractivity contribution in [3.63, 3.8) is 0 Å². The molecule has 0 spiro atoms. The van der Waals surface area contributed by atoms with Crippen molar-refractivity contribution in [3.8, 4) is 0 Å². The second-order valence-electron chi connectivity index (χ2n) is 5.98. The number of methoxy groups -OCH3 is 1. The van der Waals surface area contributed by atoms with Gasteiger partial charge in [0.2, 0.25) is 11.8 Å². The Morgan fingerprint density at radius 1 is 1.13 bits per heavy atom. The number of ether oxygens (including phenoxy) is 1. The van der Waals surface area contributed by atoms with Gasteiger partial charge < -0.3 is 14.5 Å². The summed E-state index contributed by atoms with van der Waals surface area (Å²) in [7, 11) is 1.33. The van der Waals surface area contributed by atoms with E-state index in [0.717, 1.165) is 25.9 Å². The van der Waals surface area contributed by atoms with Crippen LogP contribution in [0.15, 0.2) is 24.3 Å². The maximum atomic E-state index is 12.4. The maximum Gasteiger partial charge on any atom is 0.337 e. The van der Waals surface area contributed by atoms with Crippen LogP contribution in [0.2, 0.25) is 0 Å². The normalized spacial score (nSPS) is 20.9. The molecule has 1 atom stereocenters. The van der Waals surface area contributed by atoms with Crippen molar-refractivity contribution in [1.82, 2.24) is 4.90 Å². The Labute approximate surface area is 135 Å². The van der Waals surface area contributed by atoms with Gasteiger partial charge in [-0.2, -0.15) is 0 Å². The van der Waals surface area contributed by atoms with Crippen LogP contribution >= 0.6 is 0 Å². The van der Waals surface area contributed by atoms with E-state index in [1.54, 1.807) is 29.2 Å². The van der Waals surface area contributed by atoms with E-state index in [-0.39, 0.29) is 24.2 Å². The van der Waals surface area contributed by atoms with Gasteiger partial charge >= 0.3 is 5.97 Å². The van der Waals surface area contributed by atoms with Gasteiger partial charge in [-0.1, -0.05) is 0 Å². The van der Waals surface area contributed by atoms with Crippen LogP contribution in [0.3, 0.4) is 0 Å². The molecule has 0 bridgehead atoms. The number of rotatable bonds is 3. The van der Waals surface area contributed by atoms with Crippen LogP contribution in [0, 0.1) is 5.92 Å². The molecule has 1 aromatic rings. The van der Waals surface area contributed by atoms with Gasteiger partial charge in [-0.3, -0.25) is 9.59 Å². The Balaban J connectivity index is 1.70. The summed E-state index contributed by atoms with van der Waals surface area (Å²) in [5, 5.41) is 0. The second-order valence-corrected chi connectivity index (χ2v) is 5.98. The second kappa shape index (κ2) is 6.40. The van der Waals surface area contributed by atoms with Crippen LogP contribution in [-0.4, -0.2) is 49.4 Å². The van der Waals surface area contributed by atoms with E-state index in [1.807, 2.05) is 4.90 Å². The number of anilines is 1. The fraction of sp³-hybridized carbons (Fsp3) is 0.471. The molecule has 0 saturated carbocycles. The third-order valence-electron chi connectivity index (χ3n) is 4.49. The minimum Gasteiger partial charge on any atom is -0.465 e. The van der Waals surface area contributed by atoms with Crippen LogP contribution in [0.1, 0.15) is 29.6 Å². The van der Waals surface area contributed by atoms with Crippen molar-refractivity contribution in [2.75, 3.05) is 31.6 Å². The Kier molecular flexibility index (Phi) is 4.32. The zero-order valence-corrected chi connectivity index (χ0v) is 13.2. The highest BCUT2D eigenvalue weighted by molar-refractivity contribution is 6.00. The summed E-state index contributed by atoms with van der Waals surface area (Å²) in [4.78, 5) is 39.6. The number of likely N-dealkylation sites (tertiary alicyclic amines) is 1. The Hall–Kier alpha value is -2.37. The van der Waals surface area contributed by atoms with E-state index >= 15 is 0 Å². The summed E-state index contributed by atoms with van der Waals surface area (Å²) < 4.78 is 4.66. The molecule has 2 amide bonds. The predicted octanol–water partition coefficient (Wildman–Crippen LogP) is 1.45. The molecule has 0 N–H and O–H groups in total. The number of hydrogen-bond donors (Lipinski definition) is 0. The lowest BCUT2D eigenvalue weighted by Crippen LogP contribution is -2.35. The largest absolute Gasteiger partial charge is 0.465 e. The van der Waals surface area contributed by atoms with Crippen LogP contribution in [0.4, 0.5) is 5.69 Å². The highest BCUT2D eigenvalue weighted by atomic mass is 16.5. The van der Waals surface area contributed by atoms with Gasteiger partial charge in [-0.05, 0) is 37.1 Å². The number of nitrogens with zero attached hydrogens (tertiary/aromatic N) is 2. The van der Waals surface area contributed by atoms with Crippen LogP contribution < -0.4 is 4.90 Å². The molecular weight excluding hydrogens is 296 g/mol. The molecule has 2 fully saturated rings. The maximum absolute atomic E-state index is 12.4. The van der Waals surface area contributed by atoms with Gasteiger partial charge in [0.25, 0.3) is 0 Å². The number of hydrogen-bond acceptors (Lipinski definition) is 4.